The molecule has 1 aliphatic heterocycles. The van der Waals surface area contributed by atoms with E-state index in [2.05, 4.69) is 30.8 Å². The highest BCUT2D eigenvalue weighted by Gasteiger charge is 2.46. The Morgan fingerprint density at radius 3 is 2.76 bits per heavy atom. The van der Waals surface area contributed by atoms with Gasteiger partial charge in [-0.1, -0.05) is 0 Å². The van der Waals surface area contributed by atoms with Gasteiger partial charge in [0.25, 0.3) is 5.92 Å². The van der Waals surface area contributed by atoms with Crippen LogP contribution in [0.3, 0.4) is 0 Å². The zero-order valence-electron chi connectivity index (χ0n) is 18.5. The summed E-state index contributed by atoms with van der Waals surface area (Å²) in [5.41, 5.74) is 3.40. The van der Waals surface area contributed by atoms with Gasteiger partial charge in [0.1, 0.15) is 12.1 Å². The summed E-state index contributed by atoms with van der Waals surface area (Å²) < 4.78 is 35.6. The van der Waals surface area contributed by atoms with Gasteiger partial charge in [0, 0.05) is 17.8 Å². The largest absolute Gasteiger partial charge is 0.466 e. The molecule has 0 bridgehead atoms. The van der Waals surface area contributed by atoms with Gasteiger partial charge in [0.2, 0.25) is 5.88 Å². The Kier molecular flexibility index (Phi) is 5.58. The Hall–Kier alpha value is -3.70. The van der Waals surface area contributed by atoms with Crippen molar-refractivity contribution in [1.82, 2.24) is 30.0 Å². The Morgan fingerprint density at radius 1 is 1.21 bits per heavy atom. The molecule has 0 radical (unpaired) electrons. The van der Waals surface area contributed by atoms with E-state index in [1.54, 1.807) is 23.0 Å². The normalized spacial score (nSPS) is 18.2. The molecular weight excluding hydrogens is 444 g/mol. The molecule has 11 heteroatoms. The third-order valence-corrected chi connectivity index (χ3v) is 5.60. The second kappa shape index (κ2) is 8.58. The minimum atomic E-state index is -3.03. The number of imidazole rings is 1. The van der Waals surface area contributed by atoms with Crippen LogP contribution in [0.25, 0.3) is 16.9 Å². The van der Waals surface area contributed by atoms with Gasteiger partial charge >= 0.3 is 0 Å². The number of nitrogens with one attached hydrogen (secondary N) is 2. The number of halogens is 2. The maximum Gasteiger partial charge on any atom is 0.297 e. The fraction of sp³-hybridized carbons (Fsp3) is 0.304. The number of ether oxygens (including phenoxy) is 1. The molecular formula is C23H23F2N7O2. The molecule has 0 aliphatic carbocycles. The highest BCUT2D eigenvalue weighted by atomic mass is 19.3. The number of pyridine rings is 1. The number of aryl methyl sites for hydroxylation is 1. The van der Waals surface area contributed by atoms with E-state index in [0.29, 0.717) is 22.7 Å². The van der Waals surface area contributed by atoms with Crippen LogP contribution >= 0.6 is 0 Å². The zero-order valence-corrected chi connectivity index (χ0v) is 18.5. The predicted molar refractivity (Wildman–Crippen MR) is 122 cm³/mol. The van der Waals surface area contributed by atoms with Crippen LogP contribution in [0.5, 0.6) is 5.88 Å². The molecule has 1 fully saturated rings. The summed E-state index contributed by atoms with van der Waals surface area (Å²) >= 11 is 0. The van der Waals surface area contributed by atoms with Crippen molar-refractivity contribution in [1.29, 1.82) is 0 Å². The first-order valence-corrected chi connectivity index (χ1v) is 10.8. The lowest BCUT2D eigenvalue weighted by Gasteiger charge is -2.21. The molecule has 4 heterocycles. The Balaban J connectivity index is 1.46. The van der Waals surface area contributed by atoms with Crippen LogP contribution in [0.1, 0.15) is 24.3 Å². The van der Waals surface area contributed by atoms with Crippen molar-refractivity contribution in [3.8, 4) is 11.7 Å². The highest BCUT2D eigenvalue weighted by Crippen LogP contribution is 2.31. The molecule has 1 aromatic carbocycles. The van der Waals surface area contributed by atoms with E-state index in [0.717, 1.165) is 16.9 Å². The number of hydrogen-bond acceptors (Lipinski definition) is 8. The lowest BCUT2D eigenvalue weighted by molar-refractivity contribution is -0.0621. The Labute approximate surface area is 193 Å². The maximum atomic E-state index is 14.1. The molecule has 5 rings (SSSR count). The van der Waals surface area contributed by atoms with E-state index in [-0.39, 0.29) is 12.4 Å². The molecule has 4 aromatic rings. The molecule has 0 spiro atoms. The summed E-state index contributed by atoms with van der Waals surface area (Å²) in [6, 6.07) is 12.6. The van der Waals surface area contributed by atoms with E-state index >= 15 is 0 Å². The van der Waals surface area contributed by atoms with Crippen molar-refractivity contribution in [2.75, 3.05) is 18.4 Å². The minimum Gasteiger partial charge on any atom is -0.466 e. The van der Waals surface area contributed by atoms with E-state index < -0.39 is 24.7 Å². The molecule has 1 saturated heterocycles. The number of hydrogen-bond donors (Lipinski definition) is 3. The molecule has 176 valence electrons. The number of rotatable bonds is 6. The third-order valence-electron chi connectivity index (χ3n) is 5.60. The van der Waals surface area contributed by atoms with Gasteiger partial charge in [-0.15, -0.1) is 5.10 Å². The second-order valence-electron chi connectivity index (χ2n) is 8.24. The Morgan fingerprint density at radius 2 is 2.06 bits per heavy atom. The minimum absolute atomic E-state index is 0.00665. The number of fused-ring (bicyclic) bond motifs is 1. The monoisotopic (exact) mass is 467 g/mol. The standard InChI is InChI=1S/C23H23F2N7O2/c1-13-3-7-20(31-30-13)28-15-4-6-18-17(9-15)27-12-32(18)21-8-5-16(14(2)33)22(29-21)34-19-10-26-11-23(19,24)25/h3-9,12,14,19,26,33H,10-11H2,1-2H3,(H,28,31). The van der Waals surface area contributed by atoms with Crippen LogP contribution in [0.4, 0.5) is 20.3 Å². The van der Waals surface area contributed by atoms with Crippen molar-refractivity contribution in [2.24, 2.45) is 0 Å². The average Bonchev–Trinajstić information content (AvgIpc) is 3.37. The van der Waals surface area contributed by atoms with E-state index in [4.69, 9.17) is 4.74 Å². The van der Waals surface area contributed by atoms with E-state index in [9.17, 15) is 13.9 Å². The van der Waals surface area contributed by atoms with Crippen LogP contribution in [0.2, 0.25) is 0 Å². The van der Waals surface area contributed by atoms with Crippen LogP contribution < -0.4 is 15.4 Å². The first kappa shape index (κ1) is 22.1. The number of benzene rings is 1. The lowest BCUT2D eigenvalue weighted by atomic mass is 10.1. The van der Waals surface area contributed by atoms with E-state index in [1.165, 1.54) is 6.92 Å². The topological polar surface area (TPSA) is 110 Å². The number of alkyl halides is 2. The first-order chi connectivity index (χ1) is 16.3. The number of nitrogens with zero attached hydrogens (tertiary/aromatic N) is 5. The van der Waals surface area contributed by atoms with Gasteiger partial charge in [-0.2, -0.15) is 10.1 Å². The van der Waals surface area contributed by atoms with Crippen molar-refractivity contribution < 1.29 is 18.6 Å². The molecule has 34 heavy (non-hydrogen) atoms. The smallest absolute Gasteiger partial charge is 0.297 e. The molecule has 2 atom stereocenters. The number of aliphatic hydroxyl groups is 1. The van der Waals surface area contributed by atoms with Crippen LogP contribution in [-0.4, -0.2) is 55.0 Å². The lowest BCUT2D eigenvalue weighted by Crippen LogP contribution is -2.37. The molecule has 3 aromatic heterocycles. The van der Waals surface area contributed by atoms with Gasteiger partial charge in [0.05, 0.1) is 29.4 Å². The SMILES string of the molecule is Cc1ccc(Nc2ccc3c(c2)ncn3-c2ccc(C(C)O)c(OC3CNCC3(F)F)n2)nn1. The second-order valence-corrected chi connectivity index (χ2v) is 8.24. The Bertz CT molecular complexity index is 1320. The summed E-state index contributed by atoms with van der Waals surface area (Å²) in [6.07, 6.45) is -0.705. The predicted octanol–water partition coefficient (Wildman–Crippen LogP) is 3.30. The van der Waals surface area contributed by atoms with Gasteiger partial charge in [-0.3, -0.25) is 4.57 Å². The van der Waals surface area contributed by atoms with Crippen molar-refractivity contribution in [3.63, 3.8) is 0 Å². The third kappa shape index (κ3) is 4.27. The first-order valence-electron chi connectivity index (χ1n) is 10.8. The van der Waals surface area contributed by atoms with E-state index in [1.807, 2.05) is 37.3 Å². The van der Waals surface area contributed by atoms with Crippen LogP contribution in [-0.2, 0) is 0 Å². The molecule has 0 amide bonds. The molecule has 0 saturated carbocycles. The highest BCUT2D eigenvalue weighted by molar-refractivity contribution is 5.81. The van der Waals surface area contributed by atoms with Gasteiger partial charge in [-0.25, -0.2) is 13.8 Å². The number of aliphatic hydroxyl groups excluding tert-OH is 1. The summed E-state index contributed by atoms with van der Waals surface area (Å²) in [6.45, 7) is 2.93. The van der Waals surface area contributed by atoms with Crippen LogP contribution in [0, 0.1) is 6.92 Å². The summed E-state index contributed by atoms with van der Waals surface area (Å²) in [5, 5.41) is 24.1. The molecule has 9 nitrogen and oxygen atoms in total. The molecule has 2 unspecified atom stereocenters. The molecule has 1 aliphatic rings. The van der Waals surface area contributed by atoms with Gasteiger partial charge in [0.15, 0.2) is 11.9 Å². The van der Waals surface area contributed by atoms with Gasteiger partial charge in [-0.05, 0) is 56.3 Å². The maximum absolute atomic E-state index is 14.1. The molecule has 3 N–H and O–H groups in total. The summed E-state index contributed by atoms with van der Waals surface area (Å²) in [7, 11) is 0. The van der Waals surface area contributed by atoms with Gasteiger partial charge < -0.3 is 20.5 Å². The van der Waals surface area contributed by atoms with Crippen molar-refractivity contribution in [3.05, 3.63) is 60.0 Å². The fourth-order valence-electron chi connectivity index (χ4n) is 3.77. The average molecular weight is 467 g/mol. The zero-order chi connectivity index (χ0) is 23.9. The number of anilines is 2. The van der Waals surface area contributed by atoms with Crippen LogP contribution in [0.15, 0.2) is 48.8 Å². The van der Waals surface area contributed by atoms with Crippen molar-refractivity contribution in [2.45, 2.75) is 32.0 Å². The fourth-order valence-corrected chi connectivity index (χ4v) is 3.77. The quantitative estimate of drug-likeness (QED) is 0.396. The number of aromatic nitrogens is 5. The van der Waals surface area contributed by atoms with Crippen molar-refractivity contribution >= 4 is 22.5 Å². The summed E-state index contributed by atoms with van der Waals surface area (Å²) in [4.78, 5) is 8.91. The summed E-state index contributed by atoms with van der Waals surface area (Å²) in [5.74, 6) is -2.01.